The van der Waals surface area contributed by atoms with Gasteiger partial charge in [0.1, 0.15) is 5.75 Å². The molecule has 7 nitrogen and oxygen atoms in total. The summed E-state index contributed by atoms with van der Waals surface area (Å²) in [6.07, 6.45) is 0.0946. The van der Waals surface area contributed by atoms with Crippen molar-refractivity contribution < 1.29 is 19.1 Å². The van der Waals surface area contributed by atoms with Crippen molar-refractivity contribution in [1.29, 1.82) is 0 Å². The predicted molar refractivity (Wildman–Crippen MR) is 104 cm³/mol. The second-order valence-electron chi connectivity index (χ2n) is 4.99. The average Bonchev–Trinajstić information content (AvgIpc) is 3.02. The van der Waals surface area contributed by atoms with E-state index >= 15 is 0 Å². The van der Waals surface area contributed by atoms with Crippen LogP contribution in [0.3, 0.4) is 0 Å². The zero-order valence-corrected chi connectivity index (χ0v) is 16.0. The molecule has 0 aliphatic carbocycles. The highest BCUT2D eigenvalue weighted by Crippen LogP contribution is 2.16. The molecule has 0 aliphatic rings. The molecular formula is C17H19N3O4S2. The van der Waals surface area contributed by atoms with Gasteiger partial charge in [-0.2, -0.15) is 0 Å². The fourth-order valence-electron chi connectivity index (χ4n) is 1.98. The van der Waals surface area contributed by atoms with Gasteiger partial charge in [0.2, 0.25) is 0 Å². The first kappa shape index (κ1) is 19.8. The molecule has 138 valence electrons. The molecule has 0 spiro atoms. The van der Waals surface area contributed by atoms with E-state index in [1.807, 2.05) is 6.92 Å². The summed E-state index contributed by atoms with van der Waals surface area (Å²) in [5.41, 5.74) is 1.04. The molecule has 1 amide bonds. The van der Waals surface area contributed by atoms with Crippen LogP contribution in [-0.4, -0.2) is 35.2 Å². The summed E-state index contributed by atoms with van der Waals surface area (Å²) in [4.78, 5) is 27.9. The average molecular weight is 393 g/mol. The number of carbonyl (C=O) groups excluding carboxylic acids is 2. The lowest BCUT2D eigenvalue weighted by Crippen LogP contribution is -2.34. The van der Waals surface area contributed by atoms with Crippen LogP contribution in [0.2, 0.25) is 0 Å². The lowest BCUT2D eigenvalue weighted by Gasteiger charge is -2.08. The van der Waals surface area contributed by atoms with E-state index < -0.39 is 0 Å². The molecule has 0 radical (unpaired) electrons. The number of ether oxygens (including phenoxy) is 2. The minimum Gasteiger partial charge on any atom is -0.494 e. The van der Waals surface area contributed by atoms with Crippen LogP contribution in [0.15, 0.2) is 29.6 Å². The van der Waals surface area contributed by atoms with Crippen molar-refractivity contribution in [2.45, 2.75) is 20.3 Å². The largest absolute Gasteiger partial charge is 0.494 e. The van der Waals surface area contributed by atoms with E-state index in [4.69, 9.17) is 21.7 Å². The topological polar surface area (TPSA) is 89.6 Å². The lowest BCUT2D eigenvalue weighted by molar-refractivity contribution is -0.142. The zero-order valence-electron chi connectivity index (χ0n) is 14.4. The first-order chi connectivity index (χ1) is 12.5. The Hall–Kier alpha value is -2.52. The SMILES string of the molecule is CCOC(=O)Cc1csc(NC(=S)NC(=O)c2ccc(OCC)cc2)n1. The van der Waals surface area contributed by atoms with E-state index in [0.717, 1.165) is 0 Å². The number of benzene rings is 1. The normalized spacial score (nSPS) is 10.1. The van der Waals surface area contributed by atoms with E-state index in [1.165, 1.54) is 11.3 Å². The van der Waals surface area contributed by atoms with Gasteiger partial charge in [-0.05, 0) is 50.3 Å². The highest BCUT2D eigenvalue weighted by molar-refractivity contribution is 7.80. The van der Waals surface area contributed by atoms with Crippen molar-refractivity contribution in [1.82, 2.24) is 10.3 Å². The first-order valence-electron chi connectivity index (χ1n) is 7.97. The summed E-state index contributed by atoms with van der Waals surface area (Å²) in [7, 11) is 0. The Kier molecular flexibility index (Phi) is 7.49. The van der Waals surface area contributed by atoms with Crippen molar-refractivity contribution in [3.05, 3.63) is 40.9 Å². The minimum absolute atomic E-state index is 0.0946. The zero-order chi connectivity index (χ0) is 18.9. The summed E-state index contributed by atoms with van der Waals surface area (Å²) in [6, 6.07) is 6.75. The molecule has 1 aromatic heterocycles. The van der Waals surface area contributed by atoms with Crippen LogP contribution in [0, 0.1) is 0 Å². The number of rotatable bonds is 7. The van der Waals surface area contributed by atoms with Crippen molar-refractivity contribution >= 4 is 45.7 Å². The fourth-order valence-corrected chi connectivity index (χ4v) is 2.95. The second-order valence-corrected chi connectivity index (χ2v) is 6.26. The molecule has 0 fully saturated rings. The Labute approximate surface area is 160 Å². The number of thiocarbonyl (C=S) groups is 1. The second kappa shape index (κ2) is 9.83. The van der Waals surface area contributed by atoms with Gasteiger partial charge in [0, 0.05) is 10.9 Å². The van der Waals surface area contributed by atoms with Gasteiger partial charge in [-0.1, -0.05) is 0 Å². The number of hydrogen-bond donors (Lipinski definition) is 2. The van der Waals surface area contributed by atoms with Gasteiger partial charge >= 0.3 is 5.97 Å². The number of aromatic nitrogens is 1. The predicted octanol–water partition coefficient (Wildman–Crippen LogP) is 2.77. The molecule has 0 saturated carbocycles. The molecule has 0 aliphatic heterocycles. The van der Waals surface area contributed by atoms with Gasteiger partial charge in [0.05, 0.1) is 25.3 Å². The van der Waals surface area contributed by atoms with E-state index in [2.05, 4.69) is 15.6 Å². The summed E-state index contributed by atoms with van der Waals surface area (Å²) in [6.45, 7) is 4.53. The smallest absolute Gasteiger partial charge is 0.311 e. The Balaban J connectivity index is 1.87. The molecule has 2 aromatic rings. The van der Waals surface area contributed by atoms with Crippen LogP contribution in [0.5, 0.6) is 5.75 Å². The molecule has 2 N–H and O–H groups in total. The van der Waals surface area contributed by atoms with E-state index in [1.54, 1.807) is 36.6 Å². The molecule has 0 unspecified atom stereocenters. The number of carbonyl (C=O) groups is 2. The van der Waals surface area contributed by atoms with Gasteiger partial charge in [0.15, 0.2) is 10.2 Å². The molecule has 0 saturated heterocycles. The van der Waals surface area contributed by atoms with Gasteiger partial charge in [-0.15, -0.1) is 11.3 Å². The lowest BCUT2D eigenvalue weighted by atomic mass is 10.2. The maximum absolute atomic E-state index is 12.2. The summed E-state index contributed by atoms with van der Waals surface area (Å²) in [5, 5.41) is 7.76. The summed E-state index contributed by atoms with van der Waals surface area (Å²) >= 11 is 6.41. The van der Waals surface area contributed by atoms with Gasteiger partial charge in [-0.25, -0.2) is 4.98 Å². The quantitative estimate of drug-likeness (QED) is 0.552. The third-order valence-electron chi connectivity index (χ3n) is 3.06. The Morgan fingerprint density at radius 3 is 2.58 bits per heavy atom. The molecule has 1 heterocycles. The summed E-state index contributed by atoms with van der Waals surface area (Å²) in [5.74, 6) is 0.0197. The number of anilines is 1. The first-order valence-corrected chi connectivity index (χ1v) is 9.25. The molecule has 0 bridgehead atoms. The molecule has 2 rings (SSSR count). The Morgan fingerprint density at radius 1 is 1.19 bits per heavy atom. The monoisotopic (exact) mass is 393 g/mol. The third kappa shape index (κ3) is 6.08. The van der Waals surface area contributed by atoms with Gasteiger partial charge in [0.25, 0.3) is 5.91 Å². The summed E-state index contributed by atoms with van der Waals surface area (Å²) < 4.78 is 10.2. The molecule has 26 heavy (non-hydrogen) atoms. The van der Waals surface area contributed by atoms with Gasteiger partial charge in [-0.3, -0.25) is 14.9 Å². The highest BCUT2D eigenvalue weighted by atomic mass is 32.1. The molecule has 0 atom stereocenters. The Morgan fingerprint density at radius 2 is 1.92 bits per heavy atom. The third-order valence-corrected chi connectivity index (χ3v) is 4.07. The van der Waals surface area contributed by atoms with Crippen LogP contribution >= 0.6 is 23.6 Å². The Bertz CT molecular complexity index is 775. The van der Waals surface area contributed by atoms with Crippen LogP contribution in [0.4, 0.5) is 5.13 Å². The van der Waals surface area contributed by atoms with E-state index in [9.17, 15) is 9.59 Å². The van der Waals surface area contributed by atoms with Crippen LogP contribution < -0.4 is 15.4 Å². The number of nitrogens with one attached hydrogen (secondary N) is 2. The molecule has 1 aromatic carbocycles. The maximum Gasteiger partial charge on any atom is 0.311 e. The van der Waals surface area contributed by atoms with Gasteiger partial charge < -0.3 is 14.8 Å². The molecule has 9 heteroatoms. The minimum atomic E-state index is -0.339. The van der Waals surface area contributed by atoms with Crippen molar-refractivity contribution in [2.75, 3.05) is 18.5 Å². The number of thiazole rings is 1. The van der Waals surface area contributed by atoms with Crippen molar-refractivity contribution in [3.63, 3.8) is 0 Å². The van der Waals surface area contributed by atoms with E-state index in [0.29, 0.717) is 35.4 Å². The van der Waals surface area contributed by atoms with Crippen LogP contribution in [0.25, 0.3) is 0 Å². The number of esters is 1. The maximum atomic E-state index is 12.2. The standard InChI is InChI=1S/C17H19N3O4S2/c1-3-23-13-7-5-11(6-8-13)15(22)19-16(25)20-17-18-12(10-26-17)9-14(21)24-4-2/h5-8,10H,3-4,9H2,1-2H3,(H2,18,19,20,22,25). The fraction of sp³-hybridized carbons (Fsp3) is 0.294. The number of amides is 1. The van der Waals surface area contributed by atoms with Crippen molar-refractivity contribution in [3.8, 4) is 5.75 Å². The van der Waals surface area contributed by atoms with Crippen LogP contribution in [0.1, 0.15) is 29.9 Å². The van der Waals surface area contributed by atoms with E-state index in [-0.39, 0.29) is 23.4 Å². The molecular weight excluding hydrogens is 374 g/mol. The number of nitrogens with zero attached hydrogens (tertiary/aromatic N) is 1. The number of hydrogen-bond acceptors (Lipinski definition) is 7. The van der Waals surface area contributed by atoms with Crippen LogP contribution in [-0.2, 0) is 16.0 Å². The van der Waals surface area contributed by atoms with Crippen molar-refractivity contribution in [2.24, 2.45) is 0 Å². The highest BCUT2D eigenvalue weighted by Gasteiger charge is 2.11.